The first-order valence-electron chi connectivity index (χ1n) is 8.27. The van der Waals surface area contributed by atoms with E-state index in [1.807, 2.05) is 56.3 Å². The Balaban J connectivity index is 1.67. The molecule has 0 aliphatic carbocycles. The Hall–Kier alpha value is -3.54. The Morgan fingerprint density at radius 3 is 2.65 bits per heavy atom. The lowest BCUT2D eigenvalue weighted by molar-refractivity contribution is 0.102. The van der Waals surface area contributed by atoms with E-state index in [1.165, 1.54) is 0 Å². The molecule has 0 bridgehead atoms. The number of hydrogen-bond donors (Lipinski definition) is 2. The maximum absolute atomic E-state index is 12.6. The smallest absolute Gasteiger partial charge is 0.275 e. The number of rotatable bonds is 3. The van der Waals surface area contributed by atoms with E-state index in [1.54, 1.807) is 12.3 Å². The van der Waals surface area contributed by atoms with Crippen molar-refractivity contribution >= 4 is 22.8 Å². The van der Waals surface area contributed by atoms with Gasteiger partial charge in [0.2, 0.25) is 0 Å². The number of amides is 1. The highest BCUT2D eigenvalue weighted by Crippen LogP contribution is 2.27. The van der Waals surface area contributed by atoms with E-state index in [0.29, 0.717) is 17.2 Å². The minimum Gasteiger partial charge on any atom is -0.305 e. The maximum atomic E-state index is 12.6. The molecule has 6 nitrogen and oxygen atoms in total. The summed E-state index contributed by atoms with van der Waals surface area (Å²) in [6.07, 6.45) is 1.67. The lowest BCUT2D eigenvalue weighted by Gasteiger charge is -2.12. The predicted octanol–water partition coefficient (Wildman–Crippen LogP) is 3.89. The number of nitrogens with zero attached hydrogens (tertiary/aromatic N) is 3. The first kappa shape index (κ1) is 16.0. The van der Waals surface area contributed by atoms with Crippen LogP contribution in [0.5, 0.6) is 0 Å². The topological polar surface area (TPSA) is 83.6 Å². The van der Waals surface area contributed by atoms with Crippen LogP contribution in [0.4, 0.5) is 5.82 Å². The number of aromatic nitrogens is 4. The normalized spacial score (nSPS) is 10.8. The van der Waals surface area contributed by atoms with Gasteiger partial charge in [0.25, 0.3) is 5.91 Å². The second kappa shape index (κ2) is 6.40. The van der Waals surface area contributed by atoms with Gasteiger partial charge in [-0.25, -0.2) is 9.97 Å². The lowest BCUT2D eigenvalue weighted by Crippen LogP contribution is -2.15. The SMILES string of the molecule is Cc1nc(NC(=O)c2ccc3cn[nH]c3n2)cc(-c2ccccc2)c1C. The highest BCUT2D eigenvalue weighted by Gasteiger charge is 2.13. The van der Waals surface area contributed by atoms with Crippen molar-refractivity contribution in [1.29, 1.82) is 0 Å². The molecule has 26 heavy (non-hydrogen) atoms. The van der Waals surface area contributed by atoms with Gasteiger partial charge in [0.05, 0.1) is 6.20 Å². The van der Waals surface area contributed by atoms with Crippen molar-refractivity contribution in [1.82, 2.24) is 20.2 Å². The maximum Gasteiger partial charge on any atom is 0.275 e. The van der Waals surface area contributed by atoms with Gasteiger partial charge in [0.15, 0.2) is 5.65 Å². The molecule has 3 aromatic heterocycles. The average molecular weight is 343 g/mol. The molecule has 1 amide bonds. The van der Waals surface area contributed by atoms with Crippen LogP contribution in [-0.4, -0.2) is 26.1 Å². The third-order valence-corrected chi connectivity index (χ3v) is 4.38. The number of H-pyrrole nitrogens is 1. The predicted molar refractivity (Wildman–Crippen MR) is 101 cm³/mol. The van der Waals surface area contributed by atoms with Crippen LogP contribution in [0.2, 0.25) is 0 Å². The molecule has 0 unspecified atom stereocenters. The van der Waals surface area contributed by atoms with Crippen molar-refractivity contribution in [2.45, 2.75) is 13.8 Å². The number of carbonyl (C=O) groups excluding carboxylic acids is 1. The van der Waals surface area contributed by atoms with E-state index in [9.17, 15) is 4.79 Å². The Morgan fingerprint density at radius 2 is 1.85 bits per heavy atom. The minimum absolute atomic E-state index is 0.308. The van der Waals surface area contributed by atoms with Crippen LogP contribution < -0.4 is 5.32 Å². The molecule has 0 atom stereocenters. The van der Waals surface area contributed by atoms with Gasteiger partial charge < -0.3 is 5.32 Å². The quantitative estimate of drug-likeness (QED) is 0.591. The molecule has 4 aromatic rings. The van der Waals surface area contributed by atoms with Crippen LogP contribution >= 0.6 is 0 Å². The molecular formula is C20H17N5O. The van der Waals surface area contributed by atoms with Gasteiger partial charge in [-0.05, 0) is 48.7 Å². The summed E-state index contributed by atoms with van der Waals surface area (Å²) in [5.74, 6) is 0.194. The average Bonchev–Trinajstić information content (AvgIpc) is 3.13. The molecule has 0 saturated heterocycles. The van der Waals surface area contributed by atoms with Gasteiger partial charge >= 0.3 is 0 Å². The van der Waals surface area contributed by atoms with Crippen molar-refractivity contribution < 1.29 is 4.79 Å². The van der Waals surface area contributed by atoms with E-state index in [-0.39, 0.29) is 5.91 Å². The van der Waals surface area contributed by atoms with Crippen LogP contribution in [0.3, 0.4) is 0 Å². The van der Waals surface area contributed by atoms with E-state index in [4.69, 9.17) is 0 Å². The molecule has 2 N–H and O–H groups in total. The minimum atomic E-state index is -0.309. The molecule has 3 heterocycles. The number of pyridine rings is 2. The van der Waals surface area contributed by atoms with Gasteiger partial charge in [0, 0.05) is 11.1 Å². The Morgan fingerprint density at radius 1 is 1.04 bits per heavy atom. The summed E-state index contributed by atoms with van der Waals surface area (Å²) in [4.78, 5) is 21.4. The van der Waals surface area contributed by atoms with Crippen molar-refractivity contribution in [2.75, 3.05) is 5.32 Å². The molecule has 4 rings (SSSR count). The summed E-state index contributed by atoms with van der Waals surface area (Å²) in [5, 5.41) is 10.4. The zero-order valence-electron chi connectivity index (χ0n) is 14.4. The van der Waals surface area contributed by atoms with Crippen molar-refractivity contribution in [3.05, 3.63) is 71.7 Å². The van der Waals surface area contributed by atoms with Crippen molar-refractivity contribution in [3.8, 4) is 11.1 Å². The lowest BCUT2D eigenvalue weighted by atomic mass is 10.0. The number of fused-ring (bicyclic) bond motifs is 1. The molecule has 0 aliphatic rings. The zero-order chi connectivity index (χ0) is 18.1. The Bertz CT molecular complexity index is 1100. The summed E-state index contributed by atoms with van der Waals surface area (Å²) >= 11 is 0. The van der Waals surface area contributed by atoms with E-state index < -0.39 is 0 Å². The summed E-state index contributed by atoms with van der Waals surface area (Å²) in [6.45, 7) is 3.97. The second-order valence-electron chi connectivity index (χ2n) is 6.09. The van der Waals surface area contributed by atoms with Crippen LogP contribution in [0.25, 0.3) is 22.2 Å². The number of aromatic amines is 1. The number of benzene rings is 1. The molecule has 0 radical (unpaired) electrons. The second-order valence-corrected chi connectivity index (χ2v) is 6.09. The standard InChI is InChI=1S/C20H17N5O/c1-12-13(2)22-18(10-16(12)14-6-4-3-5-7-14)24-20(26)17-9-8-15-11-21-25-19(15)23-17/h3-11H,1-2H3,(H,21,23,25)(H,22,24,26). The van der Waals surface area contributed by atoms with Crippen molar-refractivity contribution in [3.63, 3.8) is 0 Å². The molecule has 1 aromatic carbocycles. The van der Waals surface area contributed by atoms with E-state index in [0.717, 1.165) is 27.8 Å². The van der Waals surface area contributed by atoms with Crippen LogP contribution in [-0.2, 0) is 0 Å². The van der Waals surface area contributed by atoms with Gasteiger partial charge in [0.1, 0.15) is 11.5 Å². The third-order valence-electron chi connectivity index (χ3n) is 4.38. The molecule has 0 spiro atoms. The molecule has 6 heteroatoms. The Labute approximate surface area is 150 Å². The fourth-order valence-corrected chi connectivity index (χ4v) is 2.85. The third kappa shape index (κ3) is 2.93. The van der Waals surface area contributed by atoms with Gasteiger partial charge in [-0.3, -0.25) is 9.89 Å². The summed E-state index contributed by atoms with van der Waals surface area (Å²) in [5.41, 5.74) is 4.98. The summed E-state index contributed by atoms with van der Waals surface area (Å²) in [7, 11) is 0. The molecule has 0 aliphatic heterocycles. The summed E-state index contributed by atoms with van der Waals surface area (Å²) in [6, 6.07) is 15.4. The first-order chi connectivity index (χ1) is 12.6. The summed E-state index contributed by atoms with van der Waals surface area (Å²) < 4.78 is 0. The van der Waals surface area contributed by atoms with Gasteiger partial charge in [-0.1, -0.05) is 30.3 Å². The molecule has 0 saturated carbocycles. The van der Waals surface area contributed by atoms with Crippen LogP contribution in [0.1, 0.15) is 21.7 Å². The fourth-order valence-electron chi connectivity index (χ4n) is 2.85. The zero-order valence-corrected chi connectivity index (χ0v) is 14.4. The number of aryl methyl sites for hydroxylation is 1. The highest BCUT2D eigenvalue weighted by atomic mass is 16.1. The molecular weight excluding hydrogens is 326 g/mol. The van der Waals surface area contributed by atoms with E-state index in [2.05, 4.69) is 25.5 Å². The number of nitrogens with one attached hydrogen (secondary N) is 2. The van der Waals surface area contributed by atoms with Crippen LogP contribution in [0.15, 0.2) is 54.7 Å². The number of hydrogen-bond acceptors (Lipinski definition) is 4. The van der Waals surface area contributed by atoms with Crippen LogP contribution in [0, 0.1) is 13.8 Å². The highest BCUT2D eigenvalue weighted by molar-refractivity contribution is 6.03. The largest absolute Gasteiger partial charge is 0.305 e. The van der Waals surface area contributed by atoms with Crippen molar-refractivity contribution in [2.24, 2.45) is 0 Å². The number of carbonyl (C=O) groups is 1. The van der Waals surface area contributed by atoms with E-state index >= 15 is 0 Å². The molecule has 0 fully saturated rings. The monoisotopic (exact) mass is 343 g/mol. The molecule has 128 valence electrons. The van der Waals surface area contributed by atoms with Gasteiger partial charge in [-0.2, -0.15) is 5.10 Å². The Kier molecular flexibility index (Phi) is 3.93. The number of anilines is 1. The fraction of sp³-hybridized carbons (Fsp3) is 0.100. The first-order valence-corrected chi connectivity index (χ1v) is 8.27. The van der Waals surface area contributed by atoms with Gasteiger partial charge in [-0.15, -0.1) is 0 Å².